The Labute approximate surface area is 185 Å². The van der Waals surface area contributed by atoms with Crippen LogP contribution in [0.1, 0.15) is 44.7 Å². The molecule has 2 fully saturated rings. The number of nitrogens with zero attached hydrogens (tertiary/aromatic N) is 2. The van der Waals surface area contributed by atoms with Gasteiger partial charge in [-0.15, -0.1) is 0 Å². The summed E-state index contributed by atoms with van der Waals surface area (Å²) in [4.78, 5) is 18.0. The van der Waals surface area contributed by atoms with E-state index in [4.69, 9.17) is 14.2 Å². The number of aliphatic imine (C=N–C) groups is 1. The van der Waals surface area contributed by atoms with Crippen molar-refractivity contribution in [3.8, 4) is 0 Å². The maximum atomic E-state index is 12.0. The van der Waals surface area contributed by atoms with E-state index in [0.717, 1.165) is 32.0 Å². The van der Waals surface area contributed by atoms with Crippen LogP contribution in [0.5, 0.6) is 0 Å². The summed E-state index contributed by atoms with van der Waals surface area (Å²) in [6, 6.07) is 8.60. The largest absolute Gasteiger partial charge is 0.444 e. The van der Waals surface area contributed by atoms with Gasteiger partial charge >= 0.3 is 6.09 Å². The quantitative estimate of drug-likeness (QED) is 0.531. The molecule has 1 aromatic carbocycles. The van der Waals surface area contributed by atoms with Gasteiger partial charge in [-0.05, 0) is 44.7 Å². The number of nitrogens with one attached hydrogen (secondary N) is 2. The highest BCUT2D eigenvalue weighted by Crippen LogP contribution is 2.16. The minimum Gasteiger partial charge on any atom is -0.444 e. The molecule has 8 heteroatoms. The van der Waals surface area contributed by atoms with Gasteiger partial charge in [-0.25, -0.2) is 4.79 Å². The minimum atomic E-state index is -0.473. The summed E-state index contributed by atoms with van der Waals surface area (Å²) in [5.74, 6) is 0.723. The molecule has 0 aliphatic carbocycles. The van der Waals surface area contributed by atoms with Gasteiger partial charge in [0.2, 0.25) is 0 Å². The van der Waals surface area contributed by atoms with Crippen molar-refractivity contribution in [3.63, 3.8) is 0 Å². The summed E-state index contributed by atoms with van der Waals surface area (Å²) in [6.07, 6.45) is 1.99. The van der Waals surface area contributed by atoms with Gasteiger partial charge in [-0.1, -0.05) is 24.3 Å². The number of guanidine groups is 1. The highest BCUT2D eigenvalue weighted by atomic mass is 16.6. The number of ether oxygens (including phenoxy) is 3. The fraction of sp³-hybridized carbons (Fsp3) is 0.652. The molecule has 2 aliphatic heterocycles. The smallest absolute Gasteiger partial charge is 0.410 e. The molecule has 0 spiro atoms. The maximum Gasteiger partial charge on any atom is 0.410 e. The van der Waals surface area contributed by atoms with E-state index < -0.39 is 5.60 Å². The number of likely N-dealkylation sites (tertiary alicyclic amines) is 1. The molecular weight excluding hydrogens is 396 g/mol. The lowest BCUT2D eigenvalue weighted by atomic mass is 10.1. The summed E-state index contributed by atoms with van der Waals surface area (Å²) in [5, 5.41) is 6.68. The molecule has 0 aromatic heterocycles. The monoisotopic (exact) mass is 432 g/mol. The molecule has 2 saturated heterocycles. The van der Waals surface area contributed by atoms with Crippen LogP contribution in [-0.4, -0.2) is 68.1 Å². The summed E-state index contributed by atoms with van der Waals surface area (Å²) in [7, 11) is 1.75. The second-order valence-corrected chi connectivity index (χ2v) is 9.09. The molecular formula is C23H36N4O4. The zero-order chi connectivity index (χ0) is 22.3. The highest BCUT2D eigenvalue weighted by molar-refractivity contribution is 5.80. The lowest BCUT2D eigenvalue weighted by Gasteiger charge is -2.40. The van der Waals surface area contributed by atoms with Crippen molar-refractivity contribution in [3.05, 3.63) is 35.4 Å². The average Bonchev–Trinajstić information content (AvgIpc) is 2.71. The predicted molar refractivity (Wildman–Crippen MR) is 120 cm³/mol. The number of hydrogen-bond acceptors (Lipinski definition) is 5. The Hall–Kier alpha value is -2.32. The molecule has 0 radical (unpaired) electrons. The third-order valence-corrected chi connectivity index (χ3v) is 5.23. The fourth-order valence-corrected chi connectivity index (χ4v) is 3.43. The van der Waals surface area contributed by atoms with Gasteiger partial charge in [-0.3, -0.25) is 4.99 Å². The highest BCUT2D eigenvalue weighted by Gasteiger charge is 2.34. The van der Waals surface area contributed by atoms with E-state index in [1.165, 1.54) is 11.1 Å². The number of rotatable bonds is 6. The second-order valence-electron chi connectivity index (χ2n) is 9.09. The number of hydrogen-bond donors (Lipinski definition) is 2. The van der Waals surface area contributed by atoms with Gasteiger partial charge < -0.3 is 29.7 Å². The van der Waals surface area contributed by atoms with Crippen molar-refractivity contribution in [1.29, 1.82) is 0 Å². The Morgan fingerprint density at radius 1 is 1.16 bits per heavy atom. The van der Waals surface area contributed by atoms with Crippen LogP contribution in [0.15, 0.2) is 29.3 Å². The standard InChI is InChI=1S/C23H36N4O4/c1-23(2,3)31-22(28)27-14-19(15-27)26-21(24-4)25-13-17-5-7-18(8-6-17)16-30-20-9-11-29-12-10-20/h5-8,19-20H,9-16H2,1-4H3,(H2,24,25,26). The van der Waals surface area contributed by atoms with Crippen LogP contribution in [0.3, 0.4) is 0 Å². The number of carbonyl (C=O) groups is 1. The van der Waals surface area contributed by atoms with E-state index in [-0.39, 0.29) is 12.1 Å². The van der Waals surface area contributed by atoms with E-state index in [1.54, 1.807) is 11.9 Å². The second kappa shape index (κ2) is 10.8. The van der Waals surface area contributed by atoms with Crippen molar-refractivity contribution < 1.29 is 19.0 Å². The van der Waals surface area contributed by atoms with E-state index in [9.17, 15) is 4.79 Å². The van der Waals surface area contributed by atoms with Crippen LogP contribution in [0.4, 0.5) is 4.79 Å². The van der Waals surface area contributed by atoms with E-state index in [2.05, 4.69) is 39.9 Å². The Morgan fingerprint density at radius 2 is 1.81 bits per heavy atom. The van der Waals surface area contributed by atoms with Gasteiger partial charge in [0.1, 0.15) is 5.60 Å². The van der Waals surface area contributed by atoms with Crippen molar-refractivity contribution in [2.75, 3.05) is 33.4 Å². The normalized spacial score (nSPS) is 18.5. The first kappa shape index (κ1) is 23.3. The van der Waals surface area contributed by atoms with Crippen LogP contribution in [0, 0.1) is 0 Å². The predicted octanol–water partition coefficient (Wildman–Crippen LogP) is 2.67. The third-order valence-electron chi connectivity index (χ3n) is 5.23. The molecule has 1 amide bonds. The molecule has 31 heavy (non-hydrogen) atoms. The van der Waals surface area contributed by atoms with Gasteiger partial charge in [0, 0.05) is 39.9 Å². The number of benzene rings is 1. The lowest BCUT2D eigenvalue weighted by molar-refractivity contribution is -0.0390. The molecule has 0 saturated carbocycles. The van der Waals surface area contributed by atoms with Crippen LogP contribution in [0.25, 0.3) is 0 Å². The topological polar surface area (TPSA) is 84.4 Å². The molecule has 0 unspecified atom stereocenters. The Morgan fingerprint density at radius 3 is 2.42 bits per heavy atom. The summed E-state index contributed by atoms with van der Waals surface area (Å²) >= 11 is 0. The SMILES string of the molecule is CN=C(NCc1ccc(COC2CCOCC2)cc1)NC1CN(C(=O)OC(C)(C)C)C1. The van der Waals surface area contributed by atoms with Gasteiger partial charge in [-0.2, -0.15) is 0 Å². The molecule has 2 N–H and O–H groups in total. The zero-order valence-corrected chi connectivity index (χ0v) is 19.1. The molecule has 2 aliphatic rings. The molecule has 3 rings (SSSR count). The maximum absolute atomic E-state index is 12.0. The third kappa shape index (κ3) is 7.70. The molecule has 0 atom stereocenters. The van der Waals surface area contributed by atoms with Crippen LogP contribution < -0.4 is 10.6 Å². The molecule has 2 heterocycles. The van der Waals surface area contributed by atoms with Gasteiger partial charge in [0.15, 0.2) is 5.96 Å². The molecule has 1 aromatic rings. The van der Waals surface area contributed by atoms with Crippen LogP contribution >= 0.6 is 0 Å². The van der Waals surface area contributed by atoms with Crippen molar-refractivity contribution in [2.45, 2.75) is 64.5 Å². The average molecular weight is 433 g/mol. The Bertz CT molecular complexity index is 733. The Kier molecular flexibility index (Phi) is 8.15. The van der Waals surface area contributed by atoms with Crippen molar-refractivity contribution in [1.82, 2.24) is 15.5 Å². The first-order valence-corrected chi connectivity index (χ1v) is 11.0. The Balaban J connectivity index is 1.35. The van der Waals surface area contributed by atoms with Crippen LogP contribution in [-0.2, 0) is 27.4 Å². The summed E-state index contributed by atoms with van der Waals surface area (Å²) in [5.41, 5.74) is 1.87. The van der Waals surface area contributed by atoms with Crippen molar-refractivity contribution >= 4 is 12.1 Å². The zero-order valence-electron chi connectivity index (χ0n) is 19.1. The molecule has 8 nitrogen and oxygen atoms in total. The van der Waals surface area contributed by atoms with E-state index in [1.807, 2.05) is 20.8 Å². The first-order valence-electron chi connectivity index (χ1n) is 11.0. The fourth-order valence-electron chi connectivity index (χ4n) is 3.43. The lowest BCUT2D eigenvalue weighted by Crippen LogP contribution is -2.63. The number of carbonyl (C=O) groups excluding carboxylic acids is 1. The van der Waals surface area contributed by atoms with Crippen LogP contribution in [0.2, 0.25) is 0 Å². The first-order chi connectivity index (χ1) is 14.8. The summed E-state index contributed by atoms with van der Waals surface area (Å²) < 4.78 is 16.7. The number of amides is 1. The van der Waals surface area contributed by atoms with Gasteiger partial charge in [0.05, 0.1) is 18.8 Å². The van der Waals surface area contributed by atoms with Gasteiger partial charge in [0.25, 0.3) is 0 Å². The molecule has 172 valence electrons. The van der Waals surface area contributed by atoms with E-state index >= 15 is 0 Å². The van der Waals surface area contributed by atoms with Crippen molar-refractivity contribution in [2.24, 2.45) is 4.99 Å². The van der Waals surface area contributed by atoms with E-state index in [0.29, 0.717) is 32.3 Å². The summed E-state index contributed by atoms with van der Waals surface area (Å²) in [6.45, 7) is 9.73. The molecule has 0 bridgehead atoms. The minimum absolute atomic E-state index is 0.170.